The number of halogens is 1. The van der Waals surface area contributed by atoms with E-state index in [1.165, 1.54) is 19.2 Å². The van der Waals surface area contributed by atoms with Gasteiger partial charge in [-0.15, -0.1) is 0 Å². The molecule has 0 aromatic heterocycles. The maximum Gasteiger partial charge on any atom is 0.341 e. The molecule has 0 N–H and O–H groups in total. The van der Waals surface area contributed by atoms with Crippen LogP contribution < -0.4 is 4.74 Å². The van der Waals surface area contributed by atoms with Gasteiger partial charge in [-0.25, -0.2) is 9.18 Å². The molecule has 1 aliphatic rings. The van der Waals surface area contributed by atoms with Gasteiger partial charge in [-0.3, -0.25) is 0 Å². The second kappa shape index (κ2) is 5.57. The third-order valence-corrected chi connectivity index (χ3v) is 3.21. The summed E-state index contributed by atoms with van der Waals surface area (Å²) in [4.78, 5) is 11.9. The number of hydrogen-bond donors (Lipinski definition) is 0. The van der Waals surface area contributed by atoms with E-state index in [9.17, 15) is 9.18 Å². The van der Waals surface area contributed by atoms with Crippen LogP contribution in [-0.2, 0) is 9.47 Å². The number of methoxy groups -OCH3 is 1. The van der Waals surface area contributed by atoms with E-state index < -0.39 is 17.4 Å². The molecule has 0 saturated carbocycles. The van der Waals surface area contributed by atoms with Crippen LogP contribution in [0, 0.1) is 5.82 Å². The Kier molecular flexibility index (Phi) is 4.04. The van der Waals surface area contributed by atoms with Crippen molar-refractivity contribution in [1.29, 1.82) is 0 Å². The van der Waals surface area contributed by atoms with E-state index in [-0.39, 0.29) is 17.9 Å². The predicted octanol–water partition coefficient (Wildman–Crippen LogP) is 2.56. The number of carbonyl (C=O) groups excluding carboxylic acids is 1. The van der Waals surface area contributed by atoms with Crippen LogP contribution in [0.15, 0.2) is 18.2 Å². The van der Waals surface area contributed by atoms with Gasteiger partial charge < -0.3 is 14.2 Å². The first-order chi connectivity index (χ1) is 9.06. The fraction of sp³-hybridized carbons (Fsp3) is 0.500. The molecule has 104 valence electrons. The molecule has 0 amide bonds. The summed E-state index contributed by atoms with van der Waals surface area (Å²) in [5.74, 6) is -1.38. The molecule has 2 rings (SSSR count). The van der Waals surface area contributed by atoms with Gasteiger partial charge in [0.15, 0.2) is 11.6 Å². The van der Waals surface area contributed by atoms with Crippen molar-refractivity contribution in [1.82, 2.24) is 0 Å². The topological polar surface area (TPSA) is 44.8 Å². The van der Waals surface area contributed by atoms with Gasteiger partial charge in [0.1, 0.15) is 6.61 Å². The molecule has 1 aromatic rings. The number of esters is 1. The van der Waals surface area contributed by atoms with Crippen molar-refractivity contribution >= 4 is 5.97 Å². The Morgan fingerprint density at radius 1 is 1.53 bits per heavy atom. The molecule has 0 radical (unpaired) electrons. The molecule has 1 saturated heterocycles. The zero-order valence-corrected chi connectivity index (χ0v) is 11.1. The molecular weight excluding hydrogens is 251 g/mol. The van der Waals surface area contributed by atoms with E-state index in [1.807, 2.05) is 6.92 Å². The number of rotatable bonds is 4. The molecule has 1 aliphatic heterocycles. The minimum absolute atomic E-state index is 0.0257. The van der Waals surface area contributed by atoms with Crippen LogP contribution in [0.2, 0.25) is 0 Å². The number of carbonyl (C=O) groups is 1. The Labute approximate surface area is 111 Å². The molecule has 0 bridgehead atoms. The lowest BCUT2D eigenvalue weighted by Gasteiger charge is -2.22. The molecule has 4 nitrogen and oxygen atoms in total. The van der Waals surface area contributed by atoms with Gasteiger partial charge in [-0.2, -0.15) is 0 Å². The van der Waals surface area contributed by atoms with Crippen molar-refractivity contribution in [2.24, 2.45) is 0 Å². The quantitative estimate of drug-likeness (QED) is 0.787. The molecule has 1 heterocycles. The van der Waals surface area contributed by atoms with Gasteiger partial charge in [0.2, 0.25) is 0 Å². The Morgan fingerprint density at radius 2 is 2.32 bits per heavy atom. The molecule has 1 fully saturated rings. The highest BCUT2D eigenvalue weighted by Crippen LogP contribution is 2.26. The first-order valence-electron chi connectivity index (χ1n) is 6.19. The highest BCUT2D eigenvalue weighted by Gasteiger charge is 2.32. The fourth-order valence-corrected chi connectivity index (χ4v) is 2.07. The van der Waals surface area contributed by atoms with Crippen LogP contribution in [-0.4, -0.2) is 31.9 Å². The zero-order chi connectivity index (χ0) is 13.9. The summed E-state index contributed by atoms with van der Waals surface area (Å²) >= 11 is 0. The maximum atomic E-state index is 13.9. The first kappa shape index (κ1) is 13.8. The van der Waals surface area contributed by atoms with E-state index in [4.69, 9.17) is 14.2 Å². The Balaban J connectivity index is 2.04. The van der Waals surface area contributed by atoms with Crippen molar-refractivity contribution in [2.75, 3.05) is 20.3 Å². The molecule has 5 heteroatoms. The monoisotopic (exact) mass is 268 g/mol. The van der Waals surface area contributed by atoms with E-state index in [2.05, 4.69) is 0 Å². The first-order valence-corrected chi connectivity index (χ1v) is 6.19. The van der Waals surface area contributed by atoms with Gasteiger partial charge in [-0.1, -0.05) is 6.07 Å². The van der Waals surface area contributed by atoms with E-state index in [1.54, 1.807) is 6.07 Å². The summed E-state index contributed by atoms with van der Waals surface area (Å²) in [6.07, 6.45) is 1.78. The largest absolute Gasteiger partial charge is 0.494 e. The second-order valence-corrected chi connectivity index (χ2v) is 4.80. The summed E-state index contributed by atoms with van der Waals surface area (Å²) in [7, 11) is 1.35. The molecule has 1 aromatic carbocycles. The minimum Gasteiger partial charge on any atom is -0.494 e. The summed E-state index contributed by atoms with van der Waals surface area (Å²) in [6.45, 7) is 2.68. The Hall–Kier alpha value is -1.62. The Bertz CT molecular complexity index is 467. The smallest absolute Gasteiger partial charge is 0.341 e. The summed E-state index contributed by atoms with van der Waals surface area (Å²) in [5, 5.41) is 0. The Morgan fingerprint density at radius 3 is 2.95 bits per heavy atom. The molecular formula is C14H17FO4. The lowest BCUT2D eigenvalue weighted by molar-refractivity contribution is -0.0380. The third kappa shape index (κ3) is 3.04. The minimum atomic E-state index is -0.701. The SMILES string of the molecule is COc1cccc(C(=O)OCC2(C)CCCO2)c1F. The van der Waals surface area contributed by atoms with Gasteiger partial charge in [0, 0.05) is 6.61 Å². The lowest BCUT2D eigenvalue weighted by atomic mass is 10.0. The van der Waals surface area contributed by atoms with E-state index >= 15 is 0 Å². The lowest BCUT2D eigenvalue weighted by Crippen LogP contribution is -2.31. The van der Waals surface area contributed by atoms with Crippen molar-refractivity contribution in [3.8, 4) is 5.75 Å². The normalized spacial score (nSPS) is 22.3. The summed E-state index contributed by atoms with van der Waals surface area (Å²) in [6, 6.07) is 4.37. The predicted molar refractivity (Wildman–Crippen MR) is 66.8 cm³/mol. The fourth-order valence-electron chi connectivity index (χ4n) is 2.07. The van der Waals surface area contributed by atoms with Crippen LogP contribution in [0.3, 0.4) is 0 Å². The average molecular weight is 268 g/mol. The van der Waals surface area contributed by atoms with Crippen LogP contribution in [0.5, 0.6) is 5.75 Å². The molecule has 1 atom stereocenters. The second-order valence-electron chi connectivity index (χ2n) is 4.80. The van der Waals surface area contributed by atoms with Gasteiger partial charge in [-0.05, 0) is 31.9 Å². The highest BCUT2D eigenvalue weighted by molar-refractivity contribution is 5.90. The summed E-state index contributed by atoms with van der Waals surface area (Å²) < 4.78 is 29.3. The van der Waals surface area contributed by atoms with Crippen LogP contribution in [0.1, 0.15) is 30.1 Å². The molecule has 0 spiro atoms. The van der Waals surface area contributed by atoms with Crippen molar-refractivity contribution < 1.29 is 23.4 Å². The standard InChI is InChI=1S/C14H17FO4/c1-14(7-4-8-19-14)9-18-13(16)10-5-3-6-11(17-2)12(10)15/h3,5-6H,4,7-9H2,1-2H3. The van der Waals surface area contributed by atoms with E-state index in [0.29, 0.717) is 6.61 Å². The number of hydrogen-bond acceptors (Lipinski definition) is 4. The number of ether oxygens (including phenoxy) is 3. The van der Waals surface area contributed by atoms with E-state index in [0.717, 1.165) is 12.8 Å². The highest BCUT2D eigenvalue weighted by atomic mass is 19.1. The van der Waals surface area contributed by atoms with Crippen molar-refractivity contribution in [3.63, 3.8) is 0 Å². The van der Waals surface area contributed by atoms with Crippen LogP contribution >= 0.6 is 0 Å². The van der Waals surface area contributed by atoms with Crippen LogP contribution in [0.25, 0.3) is 0 Å². The zero-order valence-electron chi connectivity index (χ0n) is 11.1. The van der Waals surface area contributed by atoms with Crippen molar-refractivity contribution in [3.05, 3.63) is 29.6 Å². The molecule has 0 aliphatic carbocycles. The van der Waals surface area contributed by atoms with Crippen LogP contribution in [0.4, 0.5) is 4.39 Å². The maximum absolute atomic E-state index is 13.9. The molecule has 19 heavy (non-hydrogen) atoms. The number of benzene rings is 1. The third-order valence-electron chi connectivity index (χ3n) is 3.21. The van der Waals surface area contributed by atoms with Gasteiger partial charge in [0.25, 0.3) is 0 Å². The molecule has 1 unspecified atom stereocenters. The summed E-state index contributed by atoms with van der Waals surface area (Å²) in [5.41, 5.74) is -0.577. The van der Waals surface area contributed by atoms with Gasteiger partial charge in [0.05, 0.1) is 18.3 Å². The van der Waals surface area contributed by atoms with Crippen molar-refractivity contribution in [2.45, 2.75) is 25.4 Å². The van der Waals surface area contributed by atoms with Gasteiger partial charge >= 0.3 is 5.97 Å². The average Bonchev–Trinajstić information content (AvgIpc) is 2.84.